The molecule has 5 nitrogen and oxygen atoms in total. The molecule has 1 fully saturated rings. The zero-order valence-electron chi connectivity index (χ0n) is 16.8. The van der Waals surface area contributed by atoms with Crippen LogP contribution in [0.5, 0.6) is 5.75 Å². The van der Waals surface area contributed by atoms with Crippen LogP contribution in [0.25, 0.3) is 0 Å². The lowest BCUT2D eigenvalue weighted by molar-refractivity contribution is 0.00718. The molecule has 0 bridgehead atoms. The van der Waals surface area contributed by atoms with Crippen LogP contribution in [0.4, 0.5) is 5.69 Å². The molecule has 3 rings (SSSR count). The van der Waals surface area contributed by atoms with Gasteiger partial charge in [-0.3, -0.25) is 4.90 Å². The maximum atomic E-state index is 10.2. The Kier molecular flexibility index (Phi) is 8.15. The molecular weight excluding hydrogens is 352 g/mol. The fourth-order valence-electron chi connectivity index (χ4n) is 3.44. The molecule has 152 valence electrons. The molecule has 0 aromatic heterocycles. The molecule has 0 aliphatic carbocycles. The van der Waals surface area contributed by atoms with Crippen LogP contribution >= 0.6 is 0 Å². The second kappa shape index (κ2) is 11.1. The monoisotopic (exact) mass is 384 g/mol. The number of aliphatic hydroxyl groups excluding tert-OH is 1. The molecule has 28 heavy (non-hydrogen) atoms. The second-order valence-electron chi connectivity index (χ2n) is 7.20. The minimum absolute atomic E-state index is 0.344. The average molecular weight is 385 g/mol. The fourth-order valence-corrected chi connectivity index (χ4v) is 3.44. The Hall–Kier alpha value is -2.08. The predicted octanol–water partition coefficient (Wildman–Crippen LogP) is 2.83. The van der Waals surface area contributed by atoms with Gasteiger partial charge in [0, 0.05) is 38.4 Å². The van der Waals surface area contributed by atoms with E-state index in [0.29, 0.717) is 26.4 Å². The number of benzene rings is 2. The first-order chi connectivity index (χ1) is 13.7. The van der Waals surface area contributed by atoms with Gasteiger partial charge in [-0.25, -0.2) is 0 Å². The summed E-state index contributed by atoms with van der Waals surface area (Å²) in [6.07, 6.45) is 0.565. The van der Waals surface area contributed by atoms with E-state index < -0.39 is 6.10 Å². The van der Waals surface area contributed by atoms with E-state index in [2.05, 4.69) is 53.1 Å². The van der Waals surface area contributed by atoms with Crippen molar-refractivity contribution in [1.82, 2.24) is 4.90 Å². The molecule has 1 aliphatic heterocycles. The molecule has 1 saturated heterocycles. The van der Waals surface area contributed by atoms with Gasteiger partial charge in [0.05, 0.1) is 19.3 Å². The quantitative estimate of drug-likeness (QED) is 0.638. The molecule has 1 aliphatic rings. The third kappa shape index (κ3) is 6.51. The number of ether oxygens (including phenoxy) is 2. The van der Waals surface area contributed by atoms with E-state index in [1.54, 1.807) is 0 Å². The van der Waals surface area contributed by atoms with E-state index in [-0.39, 0.29) is 0 Å². The smallest absolute Gasteiger partial charge is 0.119 e. The fraction of sp³-hybridized carbons (Fsp3) is 0.478. The Morgan fingerprint density at radius 3 is 2.32 bits per heavy atom. The number of nitrogens with zero attached hydrogens (tertiary/aromatic N) is 2. The van der Waals surface area contributed by atoms with E-state index in [4.69, 9.17) is 9.47 Å². The van der Waals surface area contributed by atoms with Crippen LogP contribution in [0, 0.1) is 0 Å². The highest BCUT2D eigenvalue weighted by molar-refractivity contribution is 5.46. The maximum Gasteiger partial charge on any atom is 0.119 e. The number of hydrogen-bond donors (Lipinski definition) is 1. The predicted molar refractivity (Wildman–Crippen MR) is 113 cm³/mol. The van der Waals surface area contributed by atoms with E-state index in [9.17, 15) is 5.11 Å². The van der Waals surface area contributed by atoms with Gasteiger partial charge in [-0.2, -0.15) is 0 Å². The van der Waals surface area contributed by atoms with Crippen LogP contribution < -0.4 is 9.64 Å². The molecule has 1 atom stereocenters. The summed E-state index contributed by atoms with van der Waals surface area (Å²) in [7, 11) is 0. The first kappa shape index (κ1) is 20.6. The van der Waals surface area contributed by atoms with Crippen molar-refractivity contribution < 1.29 is 14.6 Å². The van der Waals surface area contributed by atoms with Gasteiger partial charge in [-0.15, -0.1) is 0 Å². The van der Waals surface area contributed by atoms with Crippen LogP contribution in [0.3, 0.4) is 0 Å². The lowest BCUT2D eigenvalue weighted by Crippen LogP contribution is -2.49. The van der Waals surface area contributed by atoms with Crippen LogP contribution in [-0.2, 0) is 11.2 Å². The Morgan fingerprint density at radius 1 is 0.929 bits per heavy atom. The third-order valence-electron chi connectivity index (χ3n) is 5.10. The molecule has 0 amide bonds. The standard InChI is InChI=1S/C23H32N2O3/c1-2-20-8-10-23(11-9-20)28-17-16-27-19-22(26)18-24-12-14-25(15-13-24)21-6-4-3-5-7-21/h3-11,22,26H,2,12-19H2,1H3. The third-order valence-corrected chi connectivity index (χ3v) is 5.10. The minimum Gasteiger partial charge on any atom is -0.491 e. The number of aryl methyl sites for hydroxylation is 1. The van der Waals surface area contributed by atoms with Gasteiger partial charge in [-0.05, 0) is 36.2 Å². The van der Waals surface area contributed by atoms with Crippen molar-refractivity contribution in [2.45, 2.75) is 19.4 Å². The number of rotatable bonds is 10. The van der Waals surface area contributed by atoms with Crippen molar-refractivity contribution in [3.63, 3.8) is 0 Å². The van der Waals surface area contributed by atoms with Crippen molar-refractivity contribution in [1.29, 1.82) is 0 Å². The Bertz CT molecular complexity index is 670. The Labute approximate surface area is 168 Å². The lowest BCUT2D eigenvalue weighted by atomic mass is 10.2. The summed E-state index contributed by atoms with van der Waals surface area (Å²) in [5, 5.41) is 10.2. The molecule has 2 aromatic carbocycles. The Balaban J connectivity index is 1.26. The van der Waals surface area contributed by atoms with Crippen LogP contribution in [-0.4, -0.2) is 68.7 Å². The molecule has 0 spiro atoms. The number of aliphatic hydroxyl groups is 1. The minimum atomic E-state index is -0.466. The van der Waals surface area contributed by atoms with Crippen LogP contribution in [0.15, 0.2) is 54.6 Å². The first-order valence-electron chi connectivity index (χ1n) is 10.2. The maximum absolute atomic E-state index is 10.2. The van der Waals surface area contributed by atoms with Gasteiger partial charge in [0.25, 0.3) is 0 Å². The summed E-state index contributed by atoms with van der Waals surface area (Å²) in [5.74, 6) is 0.859. The number of para-hydroxylation sites is 1. The zero-order valence-corrected chi connectivity index (χ0v) is 16.8. The summed E-state index contributed by atoms with van der Waals surface area (Å²) in [5.41, 5.74) is 2.58. The number of anilines is 1. The highest BCUT2D eigenvalue weighted by atomic mass is 16.5. The van der Waals surface area contributed by atoms with Gasteiger partial charge < -0.3 is 19.5 Å². The molecule has 1 unspecified atom stereocenters. The highest BCUT2D eigenvalue weighted by Crippen LogP contribution is 2.15. The molecule has 0 radical (unpaired) electrons. The normalized spacial score (nSPS) is 16.1. The van der Waals surface area contributed by atoms with E-state index in [1.165, 1.54) is 11.3 Å². The molecular formula is C23H32N2O3. The van der Waals surface area contributed by atoms with Crippen LogP contribution in [0.1, 0.15) is 12.5 Å². The van der Waals surface area contributed by atoms with E-state index >= 15 is 0 Å². The molecule has 1 heterocycles. The number of piperazine rings is 1. The zero-order chi connectivity index (χ0) is 19.6. The van der Waals surface area contributed by atoms with Gasteiger partial charge in [0.2, 0.25) is 0 Å². The highest BCUT2D eigenvalue weighted by Gasteiger charge is 2.19. The summed E-state index contributed by atoms with van der Waals surface area (Å²) < 4.78 is 11.3. The SMILES string of the molecule is CCc1ccc(OCCOCC(O)CN2CCN(c3ccccc3)CC2)cc1. The van der Waals surface area contributed by atoms with E-state index in [1.807, 2.05) is 18.2 Å². The van der Waals surface area contributed by atoms with Crippen molar-refractivity contribution in [3.8, 4) is 5.75 Å². The number of hydrogen-bond acceptors (Lipinski definition) is 5. The van der Waals surface area contributed by atoms with E-state index in [0.717, 1.165) is 38.3 Å². The summed E-state index contributed by atoms with van der Waals surface area (Å²) in [6.45, 7) is 8.01. The first-order valence-corrected chi connectivity index (χ1v) is 10.2. The van der Waals surface area contributed by atoms with Crippen molar-refractivity contribution in [2.24, 2.45) is 0 Å². The molecule has 5 heteroatoms. The molecule has 1 N–H and O–H groups in total. The topological polar surface area (TPSA) is 45.2 Å². The summed E-state index contributed by atoms with van der Waals surface area (Å²) >= 11 is 0. The number of β-amino-alcohol motifs (C(OH)–C–C–N with tert-alkyl or cyclic N) is 1. The summed E-state index contributed by atoms with van der Waals surface area (Å²) in [4.78, 5) is 4.70. The van der Waals surface area contributed by atoms with Gasteiger partial charge >= 0.3 is 0 Å². The molecule has 0 saturated carbocycles. The largest absolute Gasteiger partial charge is 0.491 e. The average Bonchev–Trinajstić information content (AvgIpc) is 2.75. The van der Waals surface area contributed by atoms with Gasteiger partial charge in [-0.1, -0.05) is 37.3 Å². The second-order valence-corrected chi connectivity index (χ2v) is 7.20. The van der Waals surface area contributed by atoms with Crippen molar-refractivity contribution in [3.05, 3.63) is 60.2 Å². The molecule has 2 aromatic rings. The van der Waals surface area contributed by atoms with Gasteiger partial charge in [0.1, 0.15) is 12.4 Å². The van der Waals surface area contributed by atoms with Gasteiger partial charge in [0.15, 0.2) is 0 Å². The van der Waals surface area contributed by atoms with Crippen molar-refractivity contribution >= 4 is 5.69 Å². The lowest BCUT2D eigenvalue weighted by Gasteiger charge is -2.36. The van der Waals surface area contributed by atoms with Crippen LogP contribution in [0.2, 0.25) is 0 Å². The van der Waals surface area contributed by atoms with Crippen molar-refractivity contribution in [2.75, 3.05) is 57.4 Å². The Morgan fingerprint density at radius 2 is 1.64 bits per heavy atom. The summed E-state index contributed by atoms with van der Waals surface area (Å²) in [6, 6.07) is 18.6.